The minimum atomic E-state index is -0.667. The number of fused-ring (bicyclic) bond motifs is 1. The second-order valence-electron chi connectivity index (χ2n) is 5.82. The van der Waals surface area contributed by atoms with Crippen molar-refractivity contribution >= 4 is 34.8 Å². The van der Waals surface area contributed by atoms with Gasteiger partial charge in [-0.25, -0.2) is 0 Å². The number of carbonyl (C=O) groups excluding carboxylic acids is 1. The molecule has 0 aromatic heterocycles. The summed E-state index contributed by atoms with van der Waals surface area (Å²) in [6.07, 6.45) is 0.414. The van der Waals surface area contributed by atoms with Crippen LogP contribution < -0.4 is 4.90 Å². The average Bonchev–Trinajstić information content (AvgIpc) is 2.70. The summed E-state index contributed by atoms with van der Waals surface area (Å²) in [5, 5.41) is 0. The van der Waals surface area contributed by atoms with E-state index in [-0.39, 0.29) is 5.91 Å². The van der Waals surface area contributed by atoms with Crippen molar-refractivity contribution < 1.29 is 4.79 Å². The fraction of sp³-hybridized carbons (Fsp3) is 0.278. The molecule has 1 atom stereocenters. The number of hydrogen-bond donors (Lipinski definition) is 0. The van der Waals surface area contributed by atoms with Crippen LogP contribution in [0.5, 0.6) is 0 Å². The first-order valence-corrected chi connectivity index (χ1v) is 8.13. The summed E-state index contributed by atoms with van der Waals surface area (Å²) < 4.78 is 0. The van der Waals surface area contributed by atoms with Gasteiger partial charge in [0.2, 0.25) is 5.91 Å². The second-order valence-corrected chi connectivity index (χ2v) is 7.10. The van der Waals surface area contributed by atoms with Crippen LogP contribution in [0.25, 0.3) is 0 Å². The molecule has 2 nitrogen and oxygen atoms in total. The summed E-state index contributed by atoms with van der Waals surface area (Å²) in [5.41, 5.74) is 2.39. The molecule has 2 aromatic carbocycles. The Hall–Kier alpha value is -1.51. The number of alkyl halides is 2. The van der Waals surface area contributed by atoms with E-state index in [0.717, 1.165) is 16.8 Å². The smallest absolute Gasteiger partial charge is 0.237 e. The molecular formula is C18H17Cl2NO. The van der Waals surface area contributed by atoms with Gasteiger partial charge >= 0.3 is 0 Å². The molecule has 3 rings (SSSR count). The van der Waals surface area contributed by atoms with Crippen molar-refractivity contribution in [2.75, 3.05) is 4.90 Å². The van der Waals surface area contributed by atoms with Gasteiger partial charge in [0.05, 0.1) is 12.0 Å². The Bertz CT molecular complexity index is 686. The number of anilines is 1. The largest absolute Gasteiger partial charge is 0.307 e. The molecule has 4 heteroatoms. The summed E-state index contributed by atoms with van der Waals surface area (Å²) >= 11 is 12.0. The number of para-hydroxylation sites is 1. The normalized spacial score (nSPS) is 20.5. The Balaban J connectivity index is 2.01. The molecular weight excluding hydrogens is 317 g/mol. The van der Waals surface area contributed by atoms with Crippen LogP contribution in [0, 0.1) is 0 Å². The average molecular weight is 334 g/mol. The van der Waals surface area contributed by atoms with Gasteiger partial charge in [-0.05, 0) is 30.5 Å². The summed E-state index contributed by atoms with van der Waals surface area (Å²) in [6, 6.07) is 17.9. The van der Waals surface area contributed by atoms with Gasteiger partial charge in [-0.3, -0.25) is 4.79 Å². The fourth-order valence-electron chi connectivity index (χ4n) is 3.13. The fourth-order valence-corrected chi connectivity index (χ4v) is 3.74. The molecule has 0 fully saturated rings. The zero-order valence-electron chi connectivity index (χ0n) is 12.3. The third kappa shape index (κ3) is 2.62. The van der Waals surface area contributed by atoms with Crippen LogP contribution in [-0.2, 0) is 16.8 Å². The van der Waals surface area contributed by atoms with E-state index >= 15 is 0 Å². The maximum absolute atomic E-state index is 13.0. The zero-order valence-corrected chi connectivity index (χ0v) is 13.8. The lowest BCUT2D eigenvalue weighted by Crippen LogP contribution is -2.39. The first-order chi connectivity index (χ1) is 10.5. The van der Waals surface area contributed by atoms with Crippen molar-refractivity contribution in [3.63, 3.8) is 0 Å². The first-order valence-electron chi connectivity index (χ1n) is 7.26. The van der Waals surface area contributed by atoms with Gasteiger partial charge < -0.3 is 4.90 Å². The molecule has 22 heavy (non-hydrogen) atoms. The van der Waals surface area contributed by atoms with Gasteiger partial charge in [0, 0.05) is 5.69 Å². The predicted octanol–water partition coefficient (Wildman–Crippen LogP) is 4.68. The highest BCUT2D eigenvalue weighted by atomic mass is 35.5. The topological polar surface area (TPSA) is 20.3 Å². The number of benzene rings is 2. The van der Waals surface area contributed by atoms with Gasteiger partial charge in [0.25, 0.3) is 0 Å². The van der Waals surface area contributed by atoms with Gasteiger partial charge in [0.15, 0.2) is 0 Å². The highest BCUT2D eigenvalue weighted by molar-refractivity contribution is 6.44. The molecule has 1 heterocycles. The quantitative estimate of drug-likeness (QED) is 0.743. The van der Waals surface area contributed by atoms with E-state index in [0.29, 0.717) is 13.0 Å². The van der Waals surface area contributed by atoms with Crippen molar-refractivity contribution in [3.8, 4) is 0 Å². The van der Waals surface area contributed by atoms with Crippen LogP contribution >= 0.6 is 23.2 Å². The Labute approximate surface area is 140 Å². The van der Waals surface area contributed by atoms with Crippen LogP contribution in [0.4, 0.5) is 5.69 Å². The Morgan fingerprint density at radius 1 is 1.05 bits per heavy atom. The summed E-state index contributed by atoms with van der Waals surface area (Å²) in [6.45, 7) is 2.48. The molecule has 0 spiro atoms. The van der Waals surface area contributed by atoms with E-state index < -0.39 is 10.3 Å². The SMILES string of the molecule is CC1(CC(Cl)Cl)C(=O)N(Cc2ccccc2)c2ccccc21. The lowest BCUT2D eigenvalue weighted by Gasteiger charge is -2.25. The minimum absolute atomic E-state index is 0.0591. The first kappa shape index (κ1) is 15.4. The number of hydrogen-bond acceptors (Lipinski definition) is 1. The summed E-state index contributed by atoms with van der Waals surface area (Å²) in [4.78, 5) is 14.3. The third-order valence-corrected chi connectivity index (χ3v) is 4.56. The van der Waals surface area contributed by atoms with Crippen LogP contribution in [0.15, 0.2) is 54.6 Å². The molecule has 114 valence electrons. The molecule has 0 saturated carbocycles. The number of nitrogens with zero attached hydrogens (tertiary/aromatic N) is 1. The van der Waals surface area contributed by atoms with E-state index in [1.807, 2.05) is 66.4 Å². The maximum atomic E-state index is 13.0. The van der Waals surface area contributed by atoms with E-state index in [4.69, 9.17) is 23.2 Å². The molecule has 0 aliphatic carbocycles. The standard InChI is InChI=1S/C18H17Cl2NO/c1-18(11-16(19)20)14-9-5-6-10-15(14)21(17(18)22)12-13-7-3-2-4-8-13/h2-10,16H,11-12H2,1H3. The lowest BCUT2D eigenvalue weighted by molar-refractivity contribution is -0.122. The van der Waals surface area contributed by atoms with Gasteiger partial charge in [0.1, 0.15) is 4.84 Å². The highest BCUT2D eigenvalue weighted by Crippen LogP contribution is 2.45. The molecule has 1 aliphatic rings. The molecule has 0 bridgehead atoms. The van der Waals surface area contributed by atoms with Crippen molar-refractivity contribution in [3.05, 3.63) is 65.7 Å². The number of halogens is 2. The van der Waals surface area contributed by atoms with Crippen molar-refractivity contribution in [2.45, 2.75) is 30.1 Å². The molecule has 0 radical (unpaired) electrons. The monoisotopic (exact) mass is 333 g/mol. The van der Waals surface area contributed by atoms with Crippen molar-refractivity contribution in [2.24, 2.45) is 0 Å². The van der Waals surface area contributed by atoms with Crippen LogP contribution in [0.1, 0.15) is 24.5 Å². The Morgan fingerprint density at radius 2 is 1.68 bits per heavy atom. The molecule has 1 unspecified atom stereocenters. The molecule has 1 aliphatic heterocycles. The number of amides is 1. The summed E-state index contributed by atoms with van der Waals surface area (Å²) in [5.74, 6) is 0.0591. The Kier molecular flexibility index (Phi) is 4.16. The maximum Gasteiger partial charge on any atom is 0.237 e. The van der Waals surface area contributed by atoms with E-state index in [1.165, 1.54) is 0 Å². The van der Waals surface area contributed by atoms with E-state index in [2.05, 4.69) is 0 Å². The van der Waals surface area contributed by atoms with E-state index in [1.54, 1.807) is 0 Å². The Morgan fingerprint density at radius 3 is 2.36 bits per heavy atom. The zero-order chi connectivity index (χ0) is 15.7. The molecule has 1 amide bonds. The number of carbonyl (C=O) groups is 1. The molecule has 0 N–H and O–H groups in total. The van der Waals surface area contributed by atoms with Crippen LogP contribution in [-0.4, -0.2) is 10.7 Å². The highest BCUT2D eigenvalue weighted by Gasteiger charge is 2.47. The lowest BCUT2D eigenvalue weighted by atomic mass is 9.81. The van der Waals surface area contributed by atoms with Gasteiger partial charge in [-0.15, -0.1) is 23.2 Å². The predicted molar refractivity (Wildman–Crippen MR) is 91.5 cm³/mol. The molecule has 0 saturated heterocycles. The van der Waals surface area contributed by atoms with Crippen molar-refractivity contribution in [1.29, 1.82) is 0 Å². The minimum Gasteiger partial charge on any atom is -0.307 e. The van der Waals surface area contributed by atoms with Gasteiger partial charge in [-0.1, -0.05) is 48.5 Å². The van der Waals surface area contributed by atoms with E-state index in [9.17, 15) is 4.79 Å². The summed E-state index contributed by atoms with van der Waals surface area (Å²) in [7, 11) is 0. The second kappa shape index (κ2) is 5.94. The van der Waals surface area contributed by atoms with Gasteiger partial charge in [-0.2, -0.15) is 0 Å². The van der Waals surface area contributed by atoms with Crippen molar-refractivity contribution in [1.82, 2.24) is 0 Å². The molecule has 2 aromatic rings. The third-order valence-electron chi connectivity index (χ3n) is 4.25. The number of rotatable bonds is 4. The van der Waals surface area contributed by atoms with Crippen LogP contribution in [0.2, 0.25) is 0 Å². The van der Waals surface area contributed by atoms with Crippen LogP contribution in [0.3, 0.4) is 0 Å².